The molecule has 3 aromatic rings. The highest BCUT2D eigenvalue weighted by Gasteiger charge is 2.11. The van der Waals surface area contributed by atoms with E-state index in [1.54, 1.807) is 0 Å². The smallest absolute Gasteiger partial charge is 0.0834 e. The van der Waals surface area contributed by atoms with Crippen LogP contribution in [0.3, 0.4) is 0 Å². The minimum Gasteiger partial charge on any atom is -0.330 e. The fraction of sp³-hybridized carbons (Fsp3) is 0.294. The normalized spacial score (nSPS) is 11.2. The molecule has 0 aliphatic heterocycles. The van der Waals surface area contributed by atoms with Gasteiger partial charge in [0.05, 0.1) is 23.4 Å². The number of aryl methyl sites for hydroxylation is 1. The number of hydrogen-bond donors (Lipinski definition) is 1. The van der Waals surface area contributed by atoms with E-state index >= 15 is 0 Å². The summed E-state index contributed by atoms with van der Waals surface area (Å²) >= 11 is 0. The van der Waals surface area contributed by atoms with Crippen LogP contribution in [-0.2, 0) is 13.0 Å². The molecule has 0 amide bonds. The largest absolute Gasteiger partial charge is 0.330 e. The lowest BCUT2D eigenvalue weighted by molar-refractivity contribution is 0.647. The molecule has 0 bridgehead atoms. The summed E-state index contributed by atoms with van der Waals surface area (Å²) in [5.74, 6) is 0. The van der Waals surface area contributed by atoms with Crippen molar-refractivity contribution >= 4 is 10.9 Å². The molecule has 4 heteroatoms. The van der Waals surface area contributed by atoms with Crippen LogP contribution in [0, 0.1) is 13.8 Å². The average Bonchev–Trinajstić information content (AvgIpc) is 2.75. The molecule has 1 aromatic carbocycles. The zero-order valence-corrected chi connectivity index (χ0v) is 12.5. The maximum absolute atomic E-state index is 5.67. The summed E-state index contributed by atoms with van der Waals surface area (Å²) in [5, 5.41) is 5.79. The Hall–Kier alpha value is -2.20. The Kier molecular flexibility index (Phi) is 3.71. The van der Waals surface area contributed by atoms with Gasteiger partial charge in [-0.15, -0.1) is 0 Å². The van der Waals surface area contributed by atoms with Crippen LogP contribution in [0.1, 0.15) is 22.6 Å². The fourth-order valence-electron chi connectivity index (χ4n) is 2.74. The molecule has 0 fully saturated rings. The lowest BCUT2D eigenvalue weighted by Crippen LogP contribution is -2.07. The number of rotatable bonds is 4. The third kappa shape index (κ3) is 2.67. The van der Waals surface area contributed by atoms with Crippen molar-refractivity contribution in [3.8, 4) is 0 Å². The van der Waals surface area contributed by atoms with Crippen LogP contribution in [0.2, 0.25) is 0 Å². The van der Waals surface area contributed by atoms with Gasteiger partial charge in [0.1, 0.15) is 0 Å². The molecule has 0 unspecified atom stereocenters. The lowest BCUT2D eigenvalue weighted by Gasteiger charge is -2.06. The van der Waals surface area contributed by atoms with E-state index in [9.17, 15) is 0 Å². The first-order chi connectivity index (χ1) is 10.2. The molecule has 4 nitrogen and oxygen atoms in total. The van der Waals surface area contributed by atoms with Gasteiger partial charge in [-0.2, -0.15) is 5.10 Å². The third-order valence-electron chi connectivity index (χ3n) is 3.89. The van der Waals surface area contributed by atoms with Crippen molar-refractivity contribution in [2.45, 2.75) is 26.8 Å². The minimum absolute atomic E-state index is 0.654. The molecular weight excluding hydrogens is 260 g/mol. The van der Waals surface area contributed by atoms with E-state index < -0.39 is 0 Å². The van der Waals surface area contributed by atoms with Gasteiger partial charge in [-0.25, -0.2) is 0 Å². The Morgan fingerprint density at radius 1 is 1.10 bits per heavy atom. The predicted molar refractivity (Wildman–Crippen MR) is 85.3 cm³/mol. The van der Waals surface area contributed by atoms with E-state index in [0.717, 1.165) is 23.3 Å². The second-order valence-corrected chi connectivity index (χ2v) is 5.34. The third-order valence-corrected chi connectivity index (χ3v) is 3.89. The Morgan fingerprint density at radius 3 is 2.71 bits per heavy atom. The van der Waals surface area contributed by atoms with Crippen molar-refractivity contribution in [1.82, 2.24) is 14.8 Å². The van der Waals surface area contributed by atoms with Crippen LogP contribution >= 0.6 is 0 Å². The Balaban J connectivity index is 1.93. The number of nitrogens with zero attached hydrogens (tertiary/aromatic N) is 3. The summed E-state index contributed by atoms with van der Waals surface area (Å²) < 4.78 is 2.03. The molecule has 2 N–H and O–H groups in total. The summed E-state index contributed by atoms with van der Waals surface area (Å²) in [7, 11) is 0. The molecule has 0 aliphatic carbocycles. The molecule has 3 rings (SSSR count). The van der Waals surface area contributed by atoms with Gasteiger partial charge in [-0.3, -0.25) is 9.67 Å². The van der Waals surface area contributed by atoms with E-state index in [1.165, 1.54) is 16.6 Å². The number of fused-ring (bicyclic) bond motifs is 1. The second kappa shape index (κ2) is 5.66. The Morgan fingerprint density at radius 2 is 1.90 bits per heavy atom. The molecule has 0 saturated heterocycles. The molecule has 0 atom stereocenters. The van der Waals surface area contributed by atoms with Gasteiger partial charge in [0.15, 0.2) is 0 Å². The van der Waals surface area contributed by atoms with Crippen molar-refractivity contribution in [3.63, 3.8) is 0 Å². The monoisotopic (exact) mass is 280 g/mol. The van der Waals surface area contributed by atoms with E-state index in [0.29, 0.717) is 13.1 Å². The molecule has 0 aliphatic rings. The maximum Gasteiger partial charge on any atom is 0.0834 e. The first kappa shape index (κ1) is 13.8. The van der Waals surface area contributed by atoms with E-state index in [1.807, 2.05) is 29.8 Å². The zero-order valence-electron chi connectivity index (χ0n) is 12.5. The highest BCUT2D eigenvalue weighted by atomic mass is 15.3. The number of hydrogen-bond acceptors (Lipinski definition) is 3. The number of pyridine rings is 1. The topological polar surface area (TPSA) is 56.7 Å². The van der Waals surface area contributed by atoms with E-state index in [-0.39, 0.29) is 0 Å². The standard InChI is InChI=1S/C17H20N4/c1-12-16(9-10-18)13(2)21(20-12)11-15-8-7-14-5-3-4-6-17(14)19-15/h3-8H,9-11,18H2,1-2H3. The summed E-state index contributed by atoms with van der Waals surface area (Å²) in [4.78, 5) is 4.71. The number of nitrogens with two attached hydrogens (primary N) is 1. The lowest BCUT2D eigenvalue weighted by atomic mass is 10.1. The van der Waals surface area contributed by atoms with Crippen molar-refractivity contribution in [1.29, 1.82) is 0 Å². The number of para-hydroxylation sites is 1. The number of aromatic nitrogens is 3. The van der Waals surface area contributed by atoms with Crippen LogP contribution in [0.5, 0.6) is 0 Å². The fourth-order valence-corrected chi connectivity index (χ4v) is 2.74. The van der Waals surface area contributed by atoms with Crippen LogP contribution in [0.15, 0.2) is 36.4 Å². The molecule has 0 radical (unpaired) electrons. The highest BCUT2D eigenvalue weighted by Crippen LogP contribution is 2.16. The molecule has 2 aromatic heterocycles. The predicted octanol–water partition coefficient (Wildman–Crippen LogP) is 2.60. The average molecular weight is 280 g/mol. The highest BCUT2D eigenvalue weighted by molar-refractivity contribution is 5.78. The van der Waals surface area contributed by atoms with E-state index in [2.05, 4.69) is 30.2 Å². The SMILES string of the molecule is Cc1nn(Cc2ccc3ccccc3n2)c(C)c1CCN. The molecular formula is C17H20N4. The van der Waals surface area contributed by atoms with Gasteiger partial charge in [0.2, 0.25) is 0 Å². The first-order valence-corrected chi connectivity index (χ1v) is 7.26. The summed E-state index contributed by atoms with van der Waals surface area (Å²) in [6.45, 7) is 5.50. The zero-order chi connectivity index (χ0) is 14.8. The van der Waals surface area contributed by atoms with Gasteiger partial charge < -0.3 is 5.73 Å². The van der Waals surface area contributed by atoms with Gasteiger partial charge in [-0.1, -0.05) is 24.3 Å². The van der Waals surface area contributed by atoms with Crippen LogP contribution in [0.25, 0.3) is 10.9 Å². The van der Waals surface area contributed by atoms with Gasteiger partial charge >= 0.3 is 0 Å². The molecule has 0 saturated carbocycles. The quantitative estimate of drug-likeness (QED) is 0.799. The summed E-state index contributed by atoms with van der Waals surface area (Å²) in [6.07, 6.45) is 0.878. The Bertz CT molecular complexity index is 774. The van der Waals surface area contributed by atoms with Crippen LogP contribution in [-0.4, -0.2) is 21.3 Å². The number of benzene rings is 1. The molecule has 2 heterocycles. The van der Waals surface area contributed by atoms with Crippen molar-refractivity contribution in [3.05, 3.63) is 59.0 Å². The van der Waals surface area contributed by atoms with Crippen LogP contribution in [0.4, 0.5) is 0 Å². The maximum atomic E-state index is 5.67. The second-order valence-electron chi connectivity index (χ2n) is 5.34. The Labute approximate surface area is 124 Å². The summed E-state index contributed by atoms with van der Waals surface area (Å²) in [5.41, 5.74) is 11.2. The van der Waals surface area contributed by atoms with Crippen molar-refractivity contribution in [2.75, 3.05) is 6.54 Å². The van der Waals surface area contributed by atoms with Crippen molar-refractivity contribution in [2.24, 2.45) is 5.73 Å². The van der Waals surface area contributed by atoms with Gasteiger partial charge in [-0.05, 0) is 44.5 Å². The molecule has 0 spiro atoms. The van der Waals surface area contributed by atoms with Gasteiger partial charge in [0, 0.05) is 11.1 Å². The van der Waals surface area contributed by atoms with Gasteiger partial charge in [0.25, 0.3) is 0 Å². The van der Waals surface area contributed by atoms with E-state index in [4.69, 9.17) is 10.7 Å². The van der Waals surface area contributed by atoms with Crippen LogP contribution < -0.4 is 5.73 Å². The molecule has 108 valence electrons. The summed E-state index contributed by atoms with van der Waals surface area (Å²) in [6, 6.07) is 12.4. The first-order valence-electron chi connectivity index (χ1n) is 7.26. The minimum atomic E-state index is 0.654. The van der Waals surface area contributed by atoms with Crippen molar-refractivity contribution < 1.29 is 0 Å². The molecule has 21 heavy (non-hydrogen) atoms.